The van der Waals surface area contributed by atoms with Crippen LogP contribution in [0.4, 0.5) is 0 Å². The van der Waals surface area contributed by atoms with Gasteiger partial charge in [0, 0.05) is 12.4 Å². The van der Waals surface area contributed by atoms with Gasteiger partial charge in [0.05, 0.1) is 21.0 Å². The van der Waals surface area contributed by atoms with Crippen LogP contribution in [0.1, 0.15) is 78.7 Å². The summed E-state index contributed by atoms with van der Waals surface area (Å²) in [6, 6.07) is 51.1. The van der Waals surface area contributed by atoms with Gasteiger partial charge in [0.25, 0.3) is 0 Å². The Balaban J connectivity index is 0.000000257. The molecule has 4 heteroatoms. The Morgan fingerprint density at radius 3 is 1.47 bits per heavy atom. The number of hydrogen-bond acceptors (Lipinski definition) is 1. The standard InChI is InChI=1S/C30H36N2Si.C13H13B/c1-3-5-10-25-14-18-27(19-15-25)30(32-23-22-31-24-32,33-29-12-8-7-9-13-29)28-20-16-26(17-21-28)11-6-4-2;14-13(11-7-3-1-4-8-11)12-9-5-2-6-10-12/h7-9,12-24H,3-6,10-11,33H2,1-2H3;1-10,13H,14H2. The summed E-state index contributed by atoms with van der Waals surface area (Å²) >= 11 is 0. The number of hydrogen-bond donors (Lipinski definition) is 0. The van der Waals surface area contributed by atoms with Crippen LogP contribution in [0.15, 0.2) is 158 Å². The first-order chi connectivity index (χ1) is 23.1. The molecular formula is C43H49BN2Si. The first-order valence-corrected chi connectivity index (χ1v) is 18.9. The number of aryl methyl sites for hydroxylation is 2. The summed E-state index contributed by atoms with van der Waals surface area (Å²) in [6.45, 7) is 4.52. The molecule has 5 aromatic carbocycles. The fourth-order valence-electron chi connectivity index (χ4n) is 6.47. The minimum absolute atomic E-state index is 0.218. The fraction of sp³-hybridized carbons (Fsp3) is 0.233. The van der Waals surface area contributed by atoms with Crippen molar-refractivity contribution in [1.29, 1.82) is 0 Å². The van der Waals surface area contributed by atoms with E-state index in [-0.39, 0.29) is 5.16 Å². The SMILES string of the molecule is BC(c1ccccc1)c1ccccc1.CCCCc1ccc(C([SiH2]c2ccccc2)(c2ccc(CCCC)cc2)n2ccnc2)cc1. The predicted octanol–water partition coefficient (Wildman–Crippen LogP) is 8.22. The van der Waals surface area contributed by atoms with E-state index in [2.05, 4.69) is 177 Å². The minimum atomic E-state index is -0.803. The molecule has 0 aliphatic rings. The van der Waals surface area contributed by atoms with E-state index in [9.17, 15) is 0 Å². The second-order valence-electron chi connectivity index (χ2n) is 12.6. The van der Waals surface area contributed by atoms with Gasteiger partial charge in [0.15, 0.2) is 0 Å². The van der Waals surface area contributed by atoms with Crippen LogP contribution >= 0.6 is 0 Å². The minimum Gasteiger partial charge on any atom is -0.326 e. The molecule has 0 N–H and O–H groups in total. The van der Waals surface area contributed by atoms with Crippen LogP contribution in [0.5, 0.6) is 0 Å². The van der Waals surface area contributed by atoms with Crippen LogP contribution in [-0.4, -0.2) is 26.9 Å². The molecular weight excluding hydrogens is 583 g/mol. The summed E-state index contributed by atoms with van der Waals surface area (Å²) in [7, 11) is 1.44. The Morgan fingerprint density at radius 1 is 0.617 bits per heavy atom. The maximum absolute atomic E-state index is 4.48. The Bertz CT molecular complexity index is 1610. The van der Waals surface area contributed by atoms with E-state index >= 15 is 0 Å². The molecule has 0 spiro atoms. The zero-order valence-corrected chi connectivity index (χ0v) is 29.8. The molecule has 1 aromatic heterocycles. The molecule has 1 heterocycles. The van der Waals surface area contributed by atoms with Crippen molar-refractivity contribution < 1.29 is 0 Å². The molecule has 6 rings (SSSR count). The van der Waals surface area contributed by atoms with Crippen molar-refractivity contribution in [2.24, 2.45) is 0 Å². The third-order valence-electron chi connectivity index (χ3n) is 9.35. The summed E-state index contributed by atoms with van der Waals surface area (Å²) < 4.78 is 2.36. The zero-order chi connectivity index (χ0) is 32.7. The molecule has 0 atom stereocenters. The molecule has 0 saturated carbocycles. The maximum atomic E-state index is 4.48. The average Bonchev–Trinajstić information content (AvgIpc) is 3.70. The highest BCUT2D eigenvalue weighted by Crippen LogP contribution is 2.34. The Kier molecular flexibility index (Phi) is 12.6. The predicted molar refractivity (Wildman–Crippen MR) is 206 cm³/mol. The van der Waals surface area contributed by atoms with Crippen LogP contribution in [0.25, 0.3) is 0 Å². The van der Waals surface area contributed by atoms with Gasteiger partial charge >= 0.3 is 0 Å². The summed E-state index contributed by atoms with van der Waals surface area (Å²) in [4.78, 5) is 4.48. The molecule has 0 saturated heterocycles. The van der Waals surface area contributed by atoms with Gasteiger partial charge in [-0.25, -0.2) is 4.98 Å². The van der Waals surface area contributed by atoms with Gasteiger partial charge in [-0.05, 0) is 64.9 Å². The van der Waals surface area contributed by atoms with Gasteiger partial charge in [0.2, 0.25) is 0 Å². The van der Waals surface area contributed by atoms with Crippen LogP contribution < -0.4 is 5.19 Å². The van der Waals surface area contributed by atoms with Gasteiger partial charge in [-0.2, -0.15) is 0 Å². The molecule has 0 bridgehead atoms. The highest BCUT2D eigenvalue weighted by molar-refractivity contribution is 6.57. The van der Waals surface area contributed by atoms with E-state index in [0.717, 1.165) is 12.8 Å². The molecule has 0 fully saturated rings. The maximum Gasteiger partial charge on any atom is 0.116 e. The number of benzene rings is 5. The second kappa shape index (κ2) is 17.5. The van der Waals surface area contributed by atoms with E-state index in [4.69, 9.17) is 0 Å². The highest BCUT2D eigenvalue weighted by atomic mass is 28.2. The quantitative estimate of drug-likeness (QED) is 0.117. The second-order valence-corrected chi connectivity index (χ2v) is 14.8. The number of nitrogens with zero attached hydrogens (tertiary/aromatic N) is 2. The highest BCUT2D eigenvalue weighted by Gasteiger charge is 2.36. The van der Waals surface area contributed by atoms with Crippen LogP contribution in [0.2, 0.25) is 0 Å². The smallest absolute Gasteiger partial charge is 0.116 e. The Labute approximate surface area is 286 Å². The number of rotatable bonds is 13. The monoisotopic (exact) mass is 632 g/mol. The molecule has 0 aliphatic carbocycles. The lowest BCUT2D eigenvalue weighted by Gasteiger charge is -2.37. The third kappa shape index (κ3) is 8.90. The van der Waals surface area contributed by atoms with E-state index < -0.39 is 9.52 Å². The zero-order valence-electron chi connectivity index (χ0n) is 28.4. The van der Waals surface area contributed by atoms with Crippen molar-refractivity contribution in [3.05, 3.63) is 192 Å². The molecule has 0 unspecified atom stereocenters. The summed E-state index contributed by atoms with van der Waals surface area (Å²) in [5.41, 5.74) is 8.32. The first kappa shape index (κ1) is 33.9. The normalized spacial score (nSPS) is 11.5. The summed E-state index contributed by atoms with van der Waals surface area (Å²) in [6.07, 6.45) is 13.3. The largest absolute Gasteiger partial charge is 0.326 e. The molecule has 238 valence electrons. The van der Waals surface area contributed by atoms with Crippen LogP contribution in [0, 0.1) is 0 Å². The van der Waals surface area contributed by atoms with Gasteiger partial charge in [-0.3, -0.25) is 0 Å². The fourth-order valence-corrected chi connectivity index (χ4v) is 8.82. The van der Waals surface area contributed by atoms with Gasteiger partial charge in [0.1, 0.15) is 7.85 Å². The molecule has 0 radical (unpaired) electrons. The van der Waals surface area contributed by atoms with E-state index in [1.165, 1.54) is 64.3 Å². The number of imidazole rings is 1. The Hall–Kier alpha value is -4.41. The van der Waals surface area contributed by atoms with Crippen molar-refractivity contribution >= 4 is 22.6 Å². The van der Waals surface area contributed by atoms with Crippen molar-refractivity contribution in [3.63, 3.8) is 0 Å². The average molecular weight is 633 g/mol. The molecule has 6 aromatic rings. The van der Waals surface area contributed by atoms with Crippen molar-refractivity contribution in [2.45, 2.75) is 63.4 Å². The van der Waals surface area contributed by atoms with Gasteiger partial charge in [-0.15, -0.1) is 0 Å². The lowest BCUT2D eigenvalue weighted by molar-refractivity contribution is 0.596. The van der Waals surface area contributed by atoms with E-state index in [1.54, 1.807) is 0 Å². The van der Waals surface area contributed by atoms with Gasteiger partial charge < -0.3 is 4.57 Å². The lowest BCUT2D eigenvalue weighted by Crippen LogP contribution is -2.46. The van der Waals surface area contributed by atoms with Crippen molar-refractivity contribution in [2.75, 3.05) is 0 Å². The number of aromatic nitrogens is 2. The molecule has 0 aliphatic heterocycles. The van der Waals surface area contributed by atoms with Crippen LogP contribution in [0.3, 0.4) is 0 Å². The van der Waals surface area contributed by atoms with Crippen molar-refractivity contribution in [3.8, 4) is 0 Å². The van der Waals surface area contributed by atoms with E-state index in [1.807, 2.05) is 12.5 Å². The first-order valence-electron chi connectivity index (χ1n) is 17.4. The van der Waals surface area contributed by atoms with E-state index in [0.29, 0.717) is 5.82 Å². The topological polar surface area (TPSA) is 17.8 Å². The third-order valence-corrected chi connectivity index (χ3v) is 11.9. The van der Waals surface area contributed by atoms with Crippen molar-refractivity contribution in [1.82, 2.24) is 9.55 Å². The number of unbranched alkanes of at least 4 members (excludes halogenated alkanes) is 2. The lowest BCUT2D eigenvalue weighted by atomic mass is 9.76. The van der Waals surface area contributed by atoms with Crippen LogP contribution in [-0.2, 0) is 18.0 Å². The van der Waals surface area contributed by atoms with Gasteiger partial charge in [-0.1, -0.05) is 171 Å². The molecule has 47 heavy (non-hydrogen) atoms. The molecule has 2 nitrogen and oxygen atoms in total. The summed E-state index contributed by atoms with van der Waals surface area (Å²) in [5.74, 6) is 0.484. The molecule has 0 amide bonds. The summed E-state index contributed by atoms with van der Waals surface area (Å²) in [5, 5.41) is 1.24. The Morgan fingerprint density at radius 2 is 1.06 bits per heavy atom.